The van der Waals surface area contributed by atoms with Crippen molar-refractivity contribution in [3.8, 4) is 0 Å². The first-order chi connectivity index (χ1) is 18.5. The van der Waals surface area contributed by atoms with Crippen LogP contribution in [0.15, 0.2) is 36.4 Å². The average Bonchev–Trinajstić information content (AvgIpc) is 2.88. The van der Waals surface area contributed by atoms with Crippen LogP contribution in [0.5, 0.6) is 0 Å². The van der Waals surface area contributed by atoms with Crippen molar-refractivity contribution in [1.82, 2.24) is 9.80 Å². The van der Waals surface area contributed by atoms with Gasteiger partial charge in [0.05, 0.1) is 29.4 Å². The third kappa shape index (κ3) is 7.83. The molecular weight excluding hydrogens is 538 g/mol. The van der Waals surface area contributed by atoms with Gasteiger partial charge in [0, 0.05) is 44.3 Å². The maximum atomic E-state index is 15.0. The van der Waals surface area contributed by atoms with Crippen LogP contribution in [0.1, 0.15) is 41.6 Å². The van der Waals surface area contributed by atoms with E-state index in [0.717, 1.165) is 12.8 Å². The van der Waals surface area contributed by atoms with Crippen LogP contribution in [0.2, 0.25) is 5.02 Å². The van der Waals surface area contributed by atoms with Gasteiger partial charge in [0.2, 0.25) is 5.91 Å². The number of nitrogens with one attached hydrogen (secondary N) is 1. The molecule has 0 radical (unpaired) electrons. The number of piperazine rings is 1. The van der Waals surface area contributed by atoms with E-state index < -0.39 is 30.2 Å². The fraction of sp³-hybridized carbons (Fsp3) is 0.481. The zero-order valence-electron chi connectivity index (χ0n) is 21.4. The Labute approximate surface area is 229 Å². The predicted molar refractivity (Wildman–Crippen MR) is 142 cm³/mol. The van der Waals surface area contributed by atoms with E-state index in [-0.39, 0.29) is 18.2 Å². The number of hydrogen-bond acceptors (Lipinski definition) is 5. The summed E-state index contributed by atoms with van der Waals surface area (Å²) in [7, 11) is 0. The number of hydrogen-bond donors (Lipinski definition) is 2. The van der Waals surface area contributed by atoms with Crippen molar-refractivity contribution >= 4 is 34.8 Å². The van der Waals surface area contributed by atoms with Gasteiger partial charge in [0.25, 0.3) is 5.91 Å². The smallest absolute Gasteiger partial charge is 0.368 e. The van der Waals surface area contributed by atoms with E-state index in [1.807, 2.05) is 9.80 Å². The topological polar surface area (TPSA) is 81.9 Å². The van der Waals surface area contributed by atoms with Gasteiger partial charge in [-0.05, 0) is 55.3 Å². The van der Waals surface area contributed by atoms with Gasteiger partial charge >= 0.3 is 6.18 Å². The molecule has 0 spiro atoms. The van der Waals surface area contributed by atoms with E-state index in [1.54, 1.807) is 29.2 Å². The van der Waals surface area contributed by atoms with Crippen molar-refractivity contribution in [1.29, 1.82) is 0 Å². The van der Waals surface area contributed by atoms with Gasteiger partial charge in [0.15, 0.2) is 0 Å². The molecule has 0 bridgehead atoms. The maximum absolute atomic E-state index is 15.0. The molecule has 2 aliphatic heterocycles. The fourth-order valence-corrected chi connectivity index (χ4v) is 5.30. The summed E-state index contributed by atoms with van der Waals surface area (Å²) in [4.78, 5) is 30.4. The molecule has 2 aromatic carbocycles. The molecule has 0 aromatic heterocycles. The number of amides is 2. The number of carbonyl (C=O) groups excluding carboxylic acids is 2. The number of halogens is 5. The normalized spacial score (nSPS) is 19.2. The van der Waals surface area contributed by atoms with Crippen molar-refractivity contribution in [2.24, 2.45) is 5.73 Å². The molecule has 3 N–H and O–H groups in total. The van der Waals surface area contributed by atoms with Gasteiger partial charge < -0.3 is 16.0 Å². The third-order valence-electron chi connectivity index (χ3n) is 7.24. The SMILES string of the molecule is NC(=O)C1CCCCN1Cc1ccc(C(=O)Nc2ccc(Cl)cc2N2CCN(CCC(F)(F)F)CC2)c(F)c1. The summed E-state index contributed by atoms with van der Waals surface area (Å²) in [6.45, 7) is 2.74. The molecule has 2 amide bonds. The van der Waals surface area contributed by atoms with E-state index in [9.17, 15) is 22.8 Å². The van der Waals surface area contributed by atoms with Crippen molar-refractivity contribution in [2.75, 3.05) is 49.5 Å². The van der Waals surface area contributed by atoms with Crippen LogP contribution in [-0.2, 0) is 11.3 Å². The first kappa shape index (κ1) is 29.1. The highest BCUT2D eigenvalue weighted by Crippen LogP contribution is 2.31. The molecular formula is C27H32ClF4N5O2. The largest absolute Gasteiger partial charge is 0.390 e. The molecule has 0 aliphatic carbocycles. The first-order valence-corrected chi connectivity index (χ1v) is 13.3. The lowest BCUT2D eigenvalue weighted by Crippen LogP contribution is -2.47. The fourth-order valence-electron chi connectivity index (χ4n) is 5.14. The number of rotatable bonds is 8. The van der Waals surface area contributed by atoms with E-state index >= 15 is 4.39 Å². The number of piperidine rings is 1. The van der Waals surface area contributed by atoms with Gasteiger partial charge in [-0.3, -0.25) is 19.4 Å². The van der Waals surface area contributed by atoms with Crippen molar-refractivity contribution in [3.63, 3.8) is 0 Å². The number of anilines is 2. The van der Waals surface area contributed by atoms with E-state index in [0.29, 0.717) is 67.7 Å². The lowest BCUT2D eigenvalue weighted by molar-refractivity contribution is -0.138. The minimum Gasteiger partial charge on any atom is -0.368 e. The van der Waals surface area contributed by atoms with Gasteiger partial charge in [-0.1, -0.05) is 24.1 Å². The molecule has 2 fully saturated rings. The summed E-state index contributed by atoms with van der Waals surface area (Å²) in [5, 5.41) is 3.19. The number of nitrogens with zero attached hydrogens (tertiary/aromatic N) is 3. The summed E-state index contributed by atoms with van der Waals surface area (Å²) in [6, 6.07) is 8.89. The van der Waals surface area contributed by atoms with Crippen LogP contribution in [0.4, 0.5) is 28.9 Å². The van der Waals surface area contributed by atoms with Gasteiger partial charge in [0.1, 0.15) is 5.82 Å². The molecule has 1 unspecified atom stereocenters. The third-order valence-corrected chi connectivity index (χ3v) is 7.47. The summed E-state index contributed by atoms with van der Waals surface area (Å²) in [5.41, 5.74) is 7.06. The Balaban J connectivity index is 1.42. The number of carbonyl (C=O) groups is 2. The van der Waals surface area contributed by atoms with Gasteiger partial charge in [-0.2, -0.15) is 13.2 Å². The molecule has 39 heavy (non-hydrogen) atoms. The Bertz CT molecular complexity index is 1190. The summed E-state index contributed by atoms with van der Waals surface area (Å²) in [6.07, 6.45) is -2.55. The molecule has 4 rings (SSSR count). The van der Waals surface area contributed by atoms with Gasteiger partial charge in [-0.25, -0.2) is 4.39 Å². The summed E-state index contributed by atoms with van der Waals surface area (Å²) in [5.74, 6) is -1.72. The van der Waals surface area contributed by atoms with E-state index in [4.69, 9.17) is 17.3 Å². The van der Waals surface area contributed by atoms with E-state index in [1.165, 1.54) is 12.1 Å². The van der Waals surface area contributed by atoms with Crippen LogP contribution in [0, 0.1) is 5.82 Å². The molecule has 12 heteroatoms. The molecule has 2 aliphatic rings. The highest BCUT2D eigenvalue weighted by atomic mass is 35.5. The first-order valence-electron chi connectivity index (χ1n) is 13.0. The minimum atomic E-state index is -4.20. The highest BCUT2D eigenvalue weighted by Gasteiger charge is 2.30. The van der Waals surface area contributed by atoms with Crippen LogP contribution in [0.3, 0.4) is 0 Å². The Morgan fingerprint density at radius 3 is 2.44 bits per heavy atom. The summed E-state index contributed by atoms with van der Waals surface area (Å²) >= 11 is 6.20. The molecule has 212 valence electrons. The Hall–Kier alpha value is -2.89. The van der Waals surface area contributed by atoms with Crippen LogP contribution in [-0.4, -0.2) is 73.1 Å². The average molecular weight is 570 g/mol. The quantitative estimate of drug-likeness (QED) is 0.453. The standard InChI is InChI=1S/C27H32ClF4N5O2/c28-19-5-7-22(24(16-19)36-13-11-35(12-14-36)10-8-27(30,31)32)34-26(39)20-6-4-18(15-21(20)29)17-37-9-2-1-3-23(37)25(33)38/h4-7,15-16,23H,1-3,8-14,17H2,(H2,33,38)(H,34,39). The van der Waals surface area contributed by atoms with Crippen LogP contribution in [0.25, 0.3) is 0 Å². The molecule has 7 nitrogen and oxygen atoms in total. The van der Waals surface area contributed by atoms with Crippen LogP contribution >= 0.6 is 11.6 Å². The lowest BCUT2D eigenvalue weighted by atomic mass is 10.0. The second-order valence-electron chi connectivity index (χ2n) is 10.0. The maximum Gasteiger partial charge on any atom is 0.390 e. The second kappa shape index (κ2) is 12.5. The molecule has 1 atom stereocenters. The Morgan fingerprint density at radius 1 is 1.03 bits per heavy atom. The van der Waals surface area contributed by atoms with Gasteiger partial charge in [-0.15, -0.1) is 0 Å². The highest BCUT2D eigenvalue weighted by molar-refractivity contribution is 6.31. The van der Waals surface area contributed by atoms with E-state index in [2.05, 4.69) is 5.32 Å². The number of nitrogens with two attached hydrogens (primary N) is 1. The number of benzene rings is 2. The number of primary amides is 1. The number of alkyl halides is 3. The number of likely N-dealkylation sites (tertiary alicyclic amines) is 1. The van der Waals surface area contributed by atoms with Crippen molar-refractivity contribution < 1.29 is 27.2 Å². The van der Waals surface area contributed by atoms with Crippen molar-refractivity contribution in [2.45, 2.75) is 44.4 Å². The Morgan fingerprint density at radius 2 is 1.77 bits per heavy atom. The zero-order chi connectivity index (χ0) is 28.2. The predicted octanol–water partition coefficient (Wildman–Crippen LogP) is 4.65. The van der Waals surface area contributed by atoms with Crippen LogP contribution < -0.4 is 16.0 Å². The second-order valence-corrected chi connectivity index (χ2v) is 10.4. The molecule has 2 heterocycles. The zero-order valence-corrected chi connectivity index (χ0v) is 22.2. The molecule has 2 aromatic rings. The Kier molecular flexibility index (Phi) is 9.35. The minimum absolute atomic E-state index is 0.0628. The molecule has 0 saturated carbocycles. The lowest BCUT2D eigenvalue weighted by Gasteiger charge is -2.37. The van der Waals surface area contributed by atoms with Crippen molar-refractivity contribution in [3.05, 3.63) is 58.4 Å². The summed E-state index contributed by atoms with van der Waals surface area (Å²) < 4.78 is 52.8. The molecule has 2 saturated heterocycles. The monoisotopic (exact) mass is 569 g/mol.